The summed E-state index contributed by atoms with van der Waals surface area (Å²) in [5.41, 5.74) is -2.32. The van der Waals surface area contributed by atoms with E-state index in [-0.39, 0.29) is 30.0 Å². The van der Waals surface area contributed by atoms with E-state index in [4.69, 9.17) is 0 Å². The van der Waals surface area contributed by atoms with Crippen molar-refractivity contribution in [1.29, 1.82) is 0 Å². The molecule has 0 spiro atoms. The highest BCUT2D eigenvalue weighted by Crippen LogP contribution is 2.36. The van der Waals surface area contributed by atoms with Crippen LogP contribution in [-0.2, 0) is 18.9 Å². The molecule has 1 aliphatic rings. The second-order valence-electron chi connectivity index (χ2n) is 7.30. The van der Waals surface area contributed by atoms with Gasteiger partial charge in [-0.3, -0.25) is 0 Å². The summed E-state index contributed by atoms with van der Waals surface area (Å²) in [6.45, 7) is 1.41. The average Bonchev–Trinajstić information content (AvgIpc) is 3.16. The molecule has 1 aliphatic heterocycles. The molecule has 0 aliphatic carbocycles. The summed E-state index contributed by atoms with van der Waals surface area (Å²) in [6.07, 6.45) is -5.21. The van der Waals surface area contributed by atoms with Gasteiger partial charge < -0.3 is 10.6 Å². The van der Waals surface area contributed by atoms with E-state index in [1.54, 1.807) is 10.9 Å². The third-order valence-electron chi connectivity index (χ3n) is 5.15. The van der Waals surface area contributed by atoms with Crippen LogP contribution in [0.3, 0.4) is 0 Å². The lowest BCUT2D eigenvalue weighted by molar-refractivity contribution is -0.143. The van der Waals surface area contributed by atoms with Crippen LogP contribution in [0.2, 0.25) is 0 Å². The molecule has 2 N–H and O–H groups in total. The van der Waals surface area contributed by atoms with E-state index >= 15 is 0 Å². The molecule has 1 aromatic carbocycles. The number of hydrogen-bond donors (Lipinski definition) is 2. The third kappa shape index (κ3) is 4.58. The fourth-order valence-electron chi connectivity index (χ4n) is 3.63. The molecule has 0 atom stereocenters. The molecule has 3 aromatic rings. The van der Waals surface area contributed by atoms with Crippen LogP contribution in [0.1, 0.15) is 35.6 Å². The van der Waals surface area contributed by atoms with Gasteiger partial charge in [-0.1, -0.05) is 0 Å². The van der Waals surface area contributed by atoms with Gasteiger partial charge in [0, 0.05) is 6.54 Å². The van der Waals surface area contributed by atoms with Crippen LogP contribution in [0.15, 0.2) is 30.7 Å². The van der Waals surface area contributed by atoms with E-state index in [1.807, 2.05) is 0 Å². The molecule has 166 valence electrons. The topological polar surface area (TPSA) is 67.7 Å². The Kier molecular flexibility index (Phi) is 5.50. The normalized spacial score (nSPS) is 16.1. The molecule has 0 radical (unpaired) electrons. The number of nitrogens with zero attached hydrogens (tertiary/aromatic N) is 4. The molecule has 6 nitrogen and oxygen atoms in total. The molecule has 0 bridgehead atoms. The lowest BCUT2D eigenvalue weighted by Gasteiger charge is -2.23. The predicted molar refractivity (Wildman–Crippen MR) is 100 cm³/mol. The van der Waals surface area contributed by atoms with E-state index in [1.165, 1.54) is 6.33 Å². The quantitative estimate of drug-likeness (QED) is 0.584. The Labute approximate surface area is 172 Å². The third-order valence-corrected chi connectivity index (χ3v) is 5.15. The number of rotatable bonds is 4. The highest BCUT2D eigenvalue weighted by molar-refractivity contribution is 5.86. The van der Waals surface area contributed by atoms with Crippen molar-refractivity contribution in [2.45, 2.75) is 37.8 Å². The van der Waals surface area contributed by atoms with Crippen LogP contribution >= 0.6 is 0 Å². The van der Waals surface area contributed by atoms with Gasteiger partial charge in [-0.05, 0) is 49.7 Å². The van der Waals surface area contributed by atoms with E-state index in [2.05, 4.69) is 25.7 Å². The van der Waals surface area contributed by atoms with E-state index in [9.17, 15) is 26.3 Å². The second-order valence-corrected chi connectivity index (χ2v) is 7.30. The van der Waals surface area contributed by atoms with Gasteiger partial charge in [0.25, 0.3) is 0 Å². The molecule has 1 fully saturated rings. The van der Waals surface area contributed by atoms with Crippen LogP contribution in [0, 0.1) is 0 Å². The van der Waals surface area contributed by atoms with Crippen LogP contribution in [-0.4, -0.2) is 32.8 Å². The Morgan fingerprint density at radius 1 is 0.968 bits per heavy atom. The Morgan fingerprint density at radius 2 is 1.61 bits per heavy atom. The maximum absolute atomic E-state index is 13.1. The second kappa shape index (κ2) is 7.98. The predicted octanol–water partition coefficient (Wildman–Crippen LogP) is 4.40. The Morgan fingerprint density at radius 3 is 2.23 bits per heavy atom. The number of benzene rings is 1. The SMILES string of the molecule is FC(F)(F)c1cc(CNc2ncnc3c2cnn3C2CCNCC2)cc(C(F)(F)F)c1. The first-order valence-electron chi connectivity index (χ1n) is 9.54. The number of halogens is 6. The van der Waals surface area contributed by atoms with Crippen LogP contribution in [0.25, 0.3) is 11.0 Å². The Hall–Kier alpha value is -2.89. The summed E-state index contributed by atoms with van der Waals surface area (Å²) in [7, 11) is 0. The first-order valence-corrected chi connectivity index (χ1v) is 9.54. The lowest BCUT2D eigenvalue weighted by Crippen LogP contribution is -2.29. The molecular weight excluding hydrogens is 426 g/mol. The summed E-state index contributed by atoms with van der Waals surface area (Å²) >= 11 is 0. The van der Waals surface area contributed by atoms with Crippen molar-refractivity contribution in [3.63, 3.8) is 0 Å². The van der Waals surface area contributed by atoms with Crippen molar-refractivity contribution < 1.29 is 26.3 Å². The first-order chi connectivity index (χ1) is 14.6. The smallest absolute Gasteiger partial charge is 0.365 e. The van der Waals surface area contributed by atoms with E-state index < -0.39 is 23.5 Å². The molecule has 12 heteroatoms. The van der Waals surface area contributed by atoms with Crippen molar-refractivity contribution in [2.75, 3.05) is 18.4 Å². The zero-order valence-corrected chi connectivity index (χ0v) is 16.1. The van der Waals surface area contributed by atoms with Crippen molar-refractivity contribution in [3.8, 4) is 0 Å². The first kappa shape index (κ1) is 21.3. The van der Waals surface area contributed by atoms with Gasteiger partial charge in [-0.15, -0.1) is 0 Å². The van der Waals surface area contributed by atoms with Gasteiger partial charge in [0.1, 0.15) is 12.1 Å². The van der Waals surface area contributed by atoms with E-state index in [0.717, 1.165) is 25.9 Å². The average molecular weight is 444 g/mol. The van der Waals surface area contributed by atoms with Gasteiger partial charge in [0.05, 0.1) is 28.8 Å². The van der Waals surface area contributed by atoms with Crippen LogP contribution in [0.5, 0.6) is 0 Å². The summed E-state index contributed by atoms with van der Waals surface area (Å²) in [4.78, 5) is 8.35. The molecule has 4 rings (SSSR count). The van der Waals surface area contributed by atoms with E-state index in [0.29, 0.717) is 23.2 Å². The minimum absolute atomic E-state index is 0.107. The van der Waals surface area contributed by atoms with Crippen molar-refractivity contribution >= 4 is 16.9 Å². The standard InChI is InChI=1S/C19H18F6N6/c20-18(21,22)12-5-11(6-13(7-12)19(23,24)25)8-27-16-15-9-30-31(17(15)29-10-28-16)14-1-3-26-4-2-14/h5-7,9-10,14,26H,1-4,8H2,(H,27,28,29). The van der Waals surface area contributed by atoms with Crippen LogP contribution in [0.4, 0.5) is 32.2 Å². The van der Waals surface area contributed by atoms with Crippen molar-refractivity contribution in [1.82, 2.24) is 25.1 Å². The summed E-state index contributed by atoms with van der Waals surface area (Å²) < 4.78 is 80.2. The maximum Gasteiger partial charge on any atom is 0.416 e. The highest BCUT2D eigenvalue weighted by Gasteiger charge is 2.36. The minimum atomic E-state index is -4.89. The molecule has 3 heterocycles. The molecule has 0 saturated carbocycles. The van der Waals surface area contributed by atoms with Gasteiger partial charge in [0.2, 0.25) is 0 Å². The zero-order chi connectivity index (χ0) is 22.2. The molecular formula is C19H18F6N6. The number of piperidine rings is 1. The maximum atomic E-state index is 13.1. The Bertz CT molecular complexity index is 1040. The highest BCUT2D eigenvalue weighted by atomic mass is 19.4. The van der Waals surface area contributed by atoms with Crippen LogP contribution < -0.4 is 10.6 Å². The molecule has 2 aromatic heterocycles. The number of fused-ring (bicyclic) bond motifs is 1. The molecule has 1 saturated heterocycles. The lowest BCUT2D eigenvalue weighted by atomic mass is 10.0. The van der Waals surface area contributed by atoms with Crippen molar-refractivity contribution in [3.05, 3.63) is 47.4 Å². The van der Waals surface area contributed by atoms with Gasteiger partial charge >= 0.3 is 12.4 Å². The monoisotopic (exact) mass is 444 g/mol. The number of aromatic nitrogens is 4. The summed E-state index contributed by atoms with van der Waals surface area (Å²) in [5, 5.41) is 11.0. The molecule has 0 amide bonds. The van der Waals surface area contributed by atoms with Crippen molar-refractivity contribution in [2.24, 2.45) is 0 Å². The van der Waals surface area contributed by atoms with Gasteiger partial charge in [-0.2, -0.15) is 31.4 Å². The molecule has 0 unspecified atom stereocenters. The summed E-state index contributed by atoms with van der Waals surface area (Å²) in [6, 6.07) is 1.65. The fraction of sp³-hybridized carbons (Fsp3) is 0.421. The number of hydrogen-bond acceptors (Lipinski definition) is 5. The number of nitrogens with one attached hydrogen (secondary N) is 2. The Balaban J connectivity index is 1.61. The van der Waals surface area contributed by atoms with Gasteiger partial charge in [-0.25, -0.2) is 14.6 Å². The number of anilines is 1. The minimum Gasteiger partial charge on any atom is -0.365 e. The number of alkyl halides is 6. The molecule has 31 heavy (non-hydrogen) atoms. The largest absolute Gasteiger partial charge is 0.416 e. The zero-order valence-electron chi connectivity index (χ0n) is 16.1. The summed E-state index contributed by atoms with van der Waals surface area (Å²) in [5.74, 6) is 0.288. The van der Waals surface area contributed by atoms with Gasteiger partial charge in [0.15, 0.2) is 5.65 Å². The fourth-order valence-corrected chi connectivity index (χ4v) is 3.63.